The van der Waals surface area contributed by atoms with E-state index >= 15 is 0 Å². The maximum absolute atomic E-state index is 12.0. The van der Waals surface area contributed by atoms with Crippen LogP contribution >= 0.6 is 0 Å². The monoisotopic (exact) mass is 396 g/mol. The molecule has 0 saturated carbocycles. The summed E-state index contributed by atoms with van der Waals surface area (Å²) in [6.07, 6.45) is 7.05. The fourth-order valence-electron chi connectivity index (χ4n) is 3.30. The van der Waals surface area contributed by atoms with E-state index in [1.54, 1.807) is 25.3 Å². The molecule has 1 N–H and O–H groups in total. The fourth-order valence-corrected chi connectivity index (χ4v) is 3.30. The van der Waals surface area contributed by atoms with Crippen LogP contribution in [0.25, 0.3) is 0 Å². The van der Waals surface area contributed by atoms with E-state index in [4.69, 9.17) is 18.9 Å². The van der Waals surface area contributed by atoms with Gasteiger partial charge in [0.15, 0.2) is 0 Å². The Morgan fingerprint density at radius 1 is 1.07 bits per heavy atom. The summed E-state index contributed by atoms with van der Waals surface area (Å²) in [7, 11) is 1.59. The summed E-state index contributed by atoms with van der Waals surface area (Å²) in [4.78, 5) is 24.0. The number of carbonyl (C=O) groups excluding carboxylic acids is 2. The van der Waals surface area contributed by atoms with Crippen LogP contribution in [-0.4, -0.2) is 61.8 Å². The van der Waals surface area contributed by atoms with E-state index in [-0.39, 0.29) is 62.0 Å². The average molecular weight is 396 g/mol. The number of hydrogen-bond donors (Lipinski definition) is 1. The van der Waals surface area contributed by atoms with Gasteiger partial charge in [0.2, 0.25) is 0 Å². The van der Waals surface area contributed by atoms with Crippen molar-refractivity contribution in [3.8, 4) is 0 Å². The van der Waals surface area contributed by atoms with Crippen molar-refractivity contribution in [1.82, 2.24) is 0 Å². The molecule has 0 spiro atoms. The summed E-state index contributed by atoms with van der Waals surface area (Å²) in [6.45, 7) is 4.17. The second-order valence-corrected chi connectivity index (χ2v) is 7.52. The first-order valence-electron chi connectivity index (χ1n) is 9.93. The zero-order chi connectivity index (χ0) is 20.5. The number of ether oxygens (including phenoxy) is 4. The smallest absolute Gasteiger partial charge is 0.309 e. The van der Waals surface area contributed by atoms with Crippen LogP contribution in [-0.2, 0) is 28.5 Å². The lowest BCUT2D eigenvalue weighted by atomic mass is 9.98. The minimum atomic E-state index is -0.816. The summed E-state index contributed by atoms with van der Waals surface area (Å²) < 4.78 is 21.9. The van der Waals surface area contributed by atoms with Crippen molar-refractivity contribution in [2.24, 2.45) is 11.8 Å². The first kappa shape index (κ1) is 22.6. The maximum atomic E-state index is 12.0. The molecule has 6 atom stereocenters. The molecule has 0 unspecified atom stereocenters. The highest BCUT2D eigenvalue weighted by Crippen LogP contribution is 2.21. The molecule has 0 aromatic heterocycles. The number of rotatable bonds is 1. The Morgan fingerprint density at radius 3 is 2.57 bits per heavy atom. The molecule has 0 aliphatic carbocycles. The standard InChI is InChI=1S/C21H32O7/c1-14-6-4-8-20(23)26-12-18(25-3)15(2)7-5-9-21(24)27-13-19-16(22)10-11-17(14)28-19/h4,6,10-11,14-19,22H,5,7-9,12-13H2,1-3H3/t14-,15-,16+,17+,18-,19-/m1/s1. The summed E-state index contributed by atoms with van der Waals surface area (Å²) >= 11 is 0. The normalized spacial score (nSPS) is 36.1. The summed E-state index contributed by atoms with van der Waals surface area (Å²) in [5.41, 5.74) is 0. The minimum absolute atomic E-state index is 0.0135. The Labute approximate surface area is 166 Å². The van der Waals surface area contributed by atoms with Crippen LogP contribution in [0, 0.1) is 11.8 Å². The van der Waals surface area contributed by atoms with Gasteiger partial charge in [0, 0.05) is 19.4 Å². The average Bonchev–Trinajstić information content (AvgIpc) is 2.67. The molecule has 0 aromatic carbocycles. The van der Waals surface area contributed by atoms with Gasteiger partial charge >= 0.3 is 11.9 Å². The molecular weight excluding hydrogens is 364 g/mol. The first-order valence-corrected chi connectivity index (χ1v) is 9.93. The zero-order valence-corrected chi connectivity index (χ0v) is 16.9. The van der Waals surface area contributed by atoms with Crippen LogP contribution in [0.15, 0.2) is 24.3 Å². The number of aliphatic hydroxyl groups is 1. The quantitative estimate of drug-likeness (QED) is 0.536. The van der Waals surface area contributed by atoms with Crippen molar-refractivity contribution in [3.05, 3.63) is 24.3 Å². The van der Waals surface area contributed by atoms with Gasteiger partial charge in [-0.05, 0) is 18.8 Å². The Hall–Kier alpha value is -1.70. The highest BCUT2D eigenvalue weighted by molar-refractivity contribution is 5.71. The molecule has 158 valence electrons. The molecule has 0 radical (unpaired) electrons. The van der Waals surface area contributed by atoms with Crippen molar-refractivity contribution < 1.29 is 33.6 Å². The van der Waals surface area contributed by atoms with Crippen LogP contribution in [0.5, 0.6) is 0 Å². The molecule has 0 aromatic rings. The molecule has 0 fully saturated rings. The predicted molar refractivity (Wildman–Crippen MR) is 102 cm³/mol. The number of cyclic esters (lactones) is 2. The van der Waals surface area contributed by atoms with Gasteiger partial charge in [-0.25, -0.2) is 0 Å². The van der Waals surface area contributed by atoms with Crippen molar-refractivity contribution in [1.29, 1.82) is 0 Å². The van der Waals surface area contributed by atoms with Gasteiger partial charge < -0.3 is 24.1 Å². The zero-order valence-electron chi connectivity index (χ0n) is 16.9. The fraction of sp³-hybridized carbons (Fsp3) is 0.714. The number of methoxy groups -OCH3 is 1. The Morgan fingerprint density at radius 2 is 1.82 bits per heavy atom. The lowest BCUT2D eigenvalue weighted by Crippen LogP contribution is -2.40. The molecule has 28 heavy (non-hydrogen) atoms. The molecule has 0 saturated heterocycles. The van der Waals surface area contributed by atoms with Crippen LogP contribution in [0.2, 0.25) is 0 Å². The number of hydrogen-bond acceptors (Lipinski definition) is 7. The molecule has 7 nitrogen and oxygen atoms in total. The lowest BCUT2D eigenvalue weighted by Gasteiger charge is -2.31. The third-order valence-corrected chi connectivity index (χ3v) is 5.25. The molecule has 2 heterocycles. The molecule has 2 aliphatic rings. The van der Waals surface area contributed by atoms with Gasteiger partial charge in [0.1, 0.15) is 25.4 Å². The van der Waals surface area contributed by atoms with Crippen LogP contribution in [0.3, 0.4) is 0 Å². The molecule has 7 heteroatoms. The predicted octanol–water partition coefficient (Wildman–Crippen LogP) is 2.17. The number of fused-ring (bicyclic) bond motifs is 2. The van der Waals surface area contributed by atoms with Gasteiger partial charge in [0.05, 0.1) is 18.6 Å². The van der Waals surface area contributed by atoms with E-state index in [1.165, 1.54) is 0 Å². The summed E-state index contributed by atoms with van der Waals surface area (Å²) in [6, 6.07) is 0. The Kier molecular flexibility index (Phi) is 9.15. The topological polar surface area (TPSA) is 91.3 Å². The molecular formula is C21H32O7. The van der Waals surface area contributed by atoms with Gasteiger partial charge in [-0.2, -0.15) is 0 Å². The third kappa shape index (κ3) is 7.04. The van der Waals surface area contributed by atoms with Crippen molar-refractivity contribution >= 4 is 11.9 Å². The number of esters is 2. The number of aliphatic hydroxyl groups excluding tert-OH is 1. The van der Waals surface area contributed by atoms with E-state index in [2.05, 4.69) is 0 Å². The Balaban J connectivity index is 2.05. The summed E-state index contributed by atoms with van der Waals surface area (Å²) in [5, 5.41) is 10.1. The van der Waals surface area contributed by atoms with Crippen molar-refractivity contribution in [2.75, 3.05) is 20.3 Å². The van der Waals surface area contributed by atoms with Crippen molar-refractivity contribution in [3.63, 3.8) is 0 Å². The van der Waals surface area contributed by atoms with E-state index in [0.717, 1.165) is 6.42 Å². The van der Waals surface area contributed by atoms with Crippen LogP contribution in [0.4, 0.5) is 0 Å². The van der Waals surface area contributed by atoms with Gasteiger partial charge in [0.25, 0.3) is 0 Å². The largest absolute Gasteiger partial charge is 0.463 e. The highest BCUT2D eigenvalue weighted by Gasteiger charge is 2.29. The van der Waals surface area contributed by atoms with E-state index in [0.29, 0.717) is 6.42 Å². The van der Waals surface area contributed by atoms with Gasteiger partial charge in [-0.1, -0.05) is 38.2 Å². The third-order valence-electron chi connectivity index (χ3n) is 5.25. The minimum Gasteiger partial charge on any atom is -0.463 e. The summed E-state index contributed by atoms with van der Waals surface area (Å²) in [5.74, 6) is -0.505. The van der Waals surface area contributed by atoms with E-state index < -0.39 is 12.2 Å². The van der Waals surface area contributed by atoms with Gasteiger partial charge in [-0.15, -0.1) is 0 Å². The second-order valence-electron chi connectivity index (χ2n) is 7.52. The molecule has 2 bridgehead atoms. The highest BCUT2D eigenvalue weighted by atomic mass is 16.6. The number of carbonyl (C=O) groups is 2. The first-order chi connectivity index (χ1) is 13.4. The van der Waals surface area contributed by atoms with Crippen molar-refractivity contribution in [2.45, 2.75) is 63.9 Å². The van der Waals surface area contributed by atoms with Crippen LogP contribution in [0.1, 0.15) is 39.5 Å². The van der Waals surface area contributed by atoms with E-state index in [1.807, 2.05) is 19.9 Å². The van der Waals surface area contributed by atoms with E-state index in [9.17, 15) is 14.7 Å². The molecule has 0 amide bonds. The molecule has 2 rings (SSSR count). The maximum Gasteiger partial charge on any atom is 0.309 e. The molecule has 2 aliphatic heterocycles. The lowest BCUT2D eigenvalue weighted by molar-refractivity contribution is -0.154. The Bertz CT molecular complexity index is 571. The van der Waals surface area contributed by atoms with Crippen LogP contribution < -0.4 is 0 Å². The second kappa shape index (κ2) is 11.3. The SMILES string of the molecule is CO[C@@H]1COC(=O)CC=C[C@@H](C)[C@@H]2C=C[C@H](O)[C@@H](COC(=O)CCC[C@H]1C)O2. The van der Waals surface area contributed by atoms with Gasteiger partial charge in [-0.3, -0.25) is 9.59 Å².